The standard InChI is InChI=1S/C6H11O5/c7-2-1-4(9)6(11)5(10)3-8/h4-6,8-11H,1,3H2/t4?,5-,6+/m0/s1. The Morgan fingerprint density at radius 2 is 1.73 bits per heavy atom. The quantitative estimate of drug-likeness (QED) is 0.361. The molecule has 5 heteroatoms. The van der Waals surface area contributed by atoms with Crippen molar-refractivity contribution in [3.8, 4) is 0 Å². The summed E-state index contributed by atoms with van der Waals surface area (Å²) in [5.41, 5.74) is 0. The zero-order valence-corrected chi connectivity index (χ0v) is 5.84. The summed E-state index contributed by atoms with van der Waals surface area (Å²) < 4.78 is 0. The Morgan fingerprint density at radius 1 is 1.18 bits per heavy atom. The lowest BCUT2D eigenvalue weighted by atomic mass is 10.1. The zero-order valence-electron chi connectivity index (χ0n) is 5.84. The molecule has 0 aliphatic carbocycles. The first-order valence-corrected chi connectivity index (χ1v) is 3.13. The second-order valence-corrected chi connectivity index (χ2v) is 2.16. The minimum absolute atomic E-state index is 0.377. The third-order valence-corrected chi connectivity index (χ3v) is 1.27. The molecule has 0 aliphatic heterocycles. The van der Waals surface area contributed by atoms with Gasteiger partial charge in [0, 0.05) is 6.42 Å². The van der Waals surface area contributed by atoms with Crippen molar-refractivity contribution in [2.75, 3.05) is 6.61 Å². The fraction of sp³-hybridized carbons (Fsp3) is 0.833. The Balaban J connectivity index is 3.79. The lowest BCUT2D eigenvalue weighted by Crippen LogP contribution is -2.39. The fourth-order valence-corrected chi connectivity index (χ4v) is 0.571. The predicted molar refractivity (Wildman–Crippen MR) is 35.4 cm³/mol. The number of hydrogen-bond donors (Lipinski definition) is 4. The molecule has 0 fully saturated rings. The van der Waals surface area contributed by atoms with Crippen LogP contribution < -0.4 is 0 Å². The van der Waals surface area contributed by atoms with Crippen LogP contribution in [0.5, 0.6) is 0 Å². The topological polar surface area (TPSA) is 98.0 Å². The largest absolute Gasteiger partial charge is 0.394 e. The Bertz CT molecular complexity index is 116. The van der Waals surface area contributed by atoms with Gasteiger partial charge in [-0.05, 0) is 0 Å². The van der Waals surface area contributed by atoms with E-state index in [4.69, 9.17) is 20.4 Å². The molecule has 0 aromatic carbocycles. The summed E-state index contributed by atoms with van der Waals surface area (Å²) in [5.74, 6) is 0. The third-order valence-electron chi connectivity index (χ3n) is 1.27. The van der Waals surface area contributed by atoms with Crippen LogP contribution in [0.2, 0.25) is 0 Å². The molecule has 65 valence electrons. The predicted octanol–water partition coefficient (Wildman–Crippen LogP) is -2.44. The van der Waals surface area contributed by atoms with Crippen LogP contribution in [-0.4, -0.2) is 51.6 Å². The van der Waals surface area contributed by atoms with Gasteiger partial charge in [0.15, 0.2) is 0 Å². The fourth-order valence-electron chi connectivity index (χ4n) is 0.571. The normalized spacial score (nSPS) is 18.9. The van der Waals surface area contributed by atoms with Crippen molar-refractivity contribution >= 4 is 6.29 Å². The molecule has 0 aliphatic rings. The SMILES string of the molecule is O=[C]CC(O)[C@@H](O)[C@@H](O)CO. The van der Waals surface area contributed by atoms with Crippen molar-refractivity contribution in [2.45, 2.75) is 24.7 Å². The molecule has 0 saturated carbocycles. The minimum atomic E-state index is -1.50. The van der Waals surface area contributed by atoms with Crippen LogP contribution in [0.1, 0.15) is 6.42 Å². The second kappa shape index (κ2) is 5.20. The number of hydrogen-bond acceptors (Lipinski definition) is 5. The molecule has 0 aromatic heterocycles. The Kier molecular flexibility index (Phi) is 4.97. The molecule has 1 radical (unpaired) electrons. The second-order valence-electron chi connectivity index (χ2n) is 2.16. The molecular formula is C6H11O5. The Labute approximate surface area is 63.9 Å². The molecule has 1 unspecified atom stereocenters. The first-order valence-electron chi connectivity index (χ1n) is 3.13. The molecule has 0 spiro atoms. The highest BCUT2D eigenvalue weighted by atomic mass is 16.4. The van der Waals surface area contributed by atoms with E-state index < -0.39 is 24.9 Å². The Morgan fingerprint density at radius 3 is 2.09 bits per heavy atom. The highest BCUT2D eigenvalue weighted by Crippen LogP contribution is 2.01. The maximum atomic E-state index is 9.69. The maximum Gasteiger partial charge on any atom is 0.201 e. The van der Waals surface area contributed by atoms with Crippen LogP contribution in [0.4, 0.5) is 0 Å². The summed E-state index contributed by atoms with van der Waals surface area (Å²) >= 11 is 0. The first kappa shape index (κ1) is 10.5. The molecule has 0 heterocycles. The van der Waals surface area contributed by atoms with Crippen LogP contribution in [-0.2, 0) is 4.79 Å². The van der Waals surface area contributed by atoms with E-state index in [0.717, 1.165) is 0 Å². The zero-order chi connectivity index (χ0) is 8.85. The minimum Gasteiger partial charge on any atom is -0.394 e. The summed E-state index contributed by atoms with van der Waals surface area (Å²) in [6.45, 7) is -0.656. The maximum absolute atomic E-state index is 9.69. The summed E-state index contributed by atoms with van der Waals surface area (Å²) in [4.78, 5) is 9.69. The van der Waals surface area contributed by atoms with E-state index in [0.29, 0.717) is 0 Å². The van der Waals surface area contributed by atoms with E-state index in [2.05, 4.69) is 0 Å². The van der Waals surface area contributed by atoms with Crippen molar-refractivity contribution in [3.05, 3.63) is 0 Å². The Hall–Kier alpha value is -0.490. The van der Waals surface area contributed by atoms with Gasteiger partial charge in [0.25, 0.3) is 0 Å². The summed E-state index contributed by atoms with van der Waals surface area (Å²) in [6, 6.07) is 0. The van der Waals surface area contributed by atoms with Gasteiger partial charge in [-0.15, -0.1) is 0 Å². The van der Waals surface area contributed by atoms with Crippen molar-refractivity contribution < 1.29 is 25.2 Å². The molecule has 0 saturated heterocycles. The average Bonchev–Trinajstić information content (AvgIpc) is 2.02. The summed E-state index contributed by atoms with van der Waals surface area (Å²) in [6.07, 6.45) is -3.29. The molecule has 0 rings (SSSR count). The number of aliphatic hydroxyl groups is 4. The van der Waals surface area contributed by atoms with E-state index in [1.54, 1.807) is 0 Å². The van der Waals surface area contributed by atoms with E-state index in [-0.39, 0.29) is 6.42 Å². The van der Waals surface area contributed by atoms with E-state index >= 15 is 0 Å². The van der Waals surface area contributed by atoms with Gasteiger partial charge in [0.2, 0.25) is 6.29 Å². The van der Waals surface area contributed by atoms with Crippen LogP contribution in [0, 0.1) is 0 Å². The van der Waals surface area contributed by atoms with Gasteiger partial charge in [-0.1, -0.05) is 0 Å². The van der Waals surface area contributed by atoms with E-state index in [9.17, 15) is 4.79 Å². The molecule has 3 atom stereocenters. The van der Waals surface area contributed by atoms with Crippen molar-refractivity contribution in [1.82, 2.24) is 0 Å². The monoisotopic (exact) mass is 163 g/mol. The summed E-state index contributed by atoms with van der Waals surface area (Å²) in [7, 11) is 0. The molecule has 11 heavy (non-hydrogen) atoms. The van der Waals surface area contributed by atoms with Gasteiger partial charge < -0.3 is 20.4 Å². The van der Waals surface area contributed by atoms with Crippen LogP contribution in [0.25, 0.3) is 0 Å². The number of aliphatic hydroxyl groups excluding tert-OH is 4. The van der Waals surface area contributed by atoms with Crippen LogP contribution in [0.3, 0.4) is 0 Å². The number of carbonyl (C=O) groups excluding carboxylic acids is 1. The third kappa shape index (κ3) is 3.43. The number of rotatable bonds is 5. The highest BCUT2D eigenvalue weighted by Gasteiger charge is 2.23. The van der Waals surface area contributed by atoms with Gasteiger partial charge in [-0.2, -0.15) is 0 Å². The summed E-state index contributed by atoms with van der Waals surface area (Å²) in [5, 5.41) is 34.8. The van der Waals surface area contributed by atoms with Crippen LogP contribution >= 0.6 is 0 Å². The molecule has 0 amide bonds. The van der Waals surface area contributed by atoms with Gasteiger partial charge in [0.05, 0.1) is 12.7 Å². The first-order chi connectivity index (χ1) is 5.13. The van der Waals surface area contributed by atoms with E-state index in [1.165, 1.54) is 6.29 Å². The molecule has 5 nitrogen and oxygen atoms in total. The van der Waals surface area contributed by atoms with Crippen molar-refractivity contribution in [1.29, 1.82) is 0 Å². The van der Waals surface area contributed by atoms with Gasteiger partial charge >= 0.3 is 0 Å². The lowest BCUT2D eigenvalue weighted by Gasteiger charge is -2.19. The lowest BCUT2D eigenvalue weighted by molar-refractivity contribution is -0.0735. The smallest absolute Gasteiger partial charge is 0.201 e. The molecule has 0 aromatic rings. The van der Waals surface area contributed by atoms with Crippen LogP contribution in [0.15, 0.2) is 0 Å². The van der Waals surface area contributed by atoms with Crippen molar-refractivity contribution in [3.63, 3.8) is 0 Å². The van der Waals surface area contributed by atoms with Crippen molar-refractivity contribution in [2.24, 2.45) is 0 Å². The highest BCUT2D eigenvalue weighted by molar-refractivity contribution is 5.51. The van der Waals surface area contributed by atoms with E-state index in [1.807, 2.05) is 0 Å². The molecule has 0 bridgehead atoms. The van der Waals surface area contributed by atoms with Gasteiger partial charge in [-0.3, -0.25) is 4.79 Å². The molecular weight excluding hydrogens is 152 g/mol. The average molecular weight is 163 g/mol. The van der Waals surface area contributed by atoms with Gasteiger partial charge in [-0.25, -0.2) is 0 Å². The molecule has 4 N–H and O–H groups in total. The van der Waals surface area contributed by atoms with Gasteiger partial charge in [0.1, 0.15) is 12.2 Å².